The lowest BCUT2D eigenvalue weighted by atomic mass is 9.70. The summed E-state index contributed by atoms with van der Waals surface area (Å²) in [5.74, 6) is 2.84. The Labute approximate surface area is 142 Å². The first-order valence-corrected chi connectivity index (χ1v) is 9.55. The fourth-order valence-corrected chi connectivity index (χ4v) is 4.83. The van der Waals surface area contributed by atoms with Gasteiger partial charge in [-0.15, -0.1) is 6.58 Å². The summed E-state index contributed by atoms with van der Waals surface area (Å²) < 4.78 is 0. The van der Waals surface area contributed by atoms with E-state index in [9.17, 15) is 0 Å². The normalized spacial score (nSPS) is 28.3. The van der Waals surface area contributed by atoms with Crippen LogP contribution in [-0.2, 0) is 0 Å². The molecule has 0 aromatic heterocycles. The zero-order valence-corrected chi connectivity index (χ0v) is 15.0. The highest BCUT2D eigenvalue weighted by Crippen LogP contribution is 2.42. The second kappa shape index (κ2) is 7.51. The molecule has 1 atom stereocenters. The van der Waals surface area contributed by atoms with Crippen molar-refractivity contribution in [3.8, 4) is 0 Å². The van der Waals surface area contributed by atoms with E-state index in [2.05, 4.69) is 50.8 Å². The van der Waals surface area contributed by atoms with Crippen LogP contribution in [0, 0.1) is 31.6 Å². The highest BCUT2D eigenvalue weighted by atomic mass is 14.3. The molecule has 1 fully saturated rings. The van der Waals surface area contributed by atoms with E-state index in [1.807, 2.05) is 0 Å². The standard InChI is InChI=1S/C23H32/c1-4-5-19-7-9-20(10-8-19)21-11-13-22(14-12-21)23-15-6-17(2)16-18(23)3/h4,6,13,15-16,19-21H,1,5,7-12,14H2,2-3H3/t19-,20-,21?. The van der Waals surface area contributed by atoms with Crippen LogP contribution in [-0.4, -0.2) is 0 Å². The maximum atomic E-state index is 3.91. The molecule has 0 spiro atoms. The Balaban J connectivity index is 1.59. The number of benzene rings is 1. The van der Waals surface area contributed by atoms with Gasteiger partial charge in [0.05, 0.1) is 0 Å². The van der Waals surface area contributed by atoms with Crippen LogP contribution in [0.25, 0.3) is 5.57 Å². The Kier molecular flexibility index (Phi) is 5.41. The van der Waals surface area contributed by atoms with E-state index in [1.54, 1.807) is 5.57 Å². The SMILES string of the molecule is C=CC[C@H]1CC[C@H](C2CC=C(c3ccc(C)cc3C)CC2)CC1. The molecule has 3 rings (SSSR count). The lowest BCUT2D eigenvalue weighted by molar-refractivity contribution is 0.196. The van der Waals surface area contributed by atoms with Crippen LogP contribution in [0.3, 0.4) is 0 Å². The Morgan fingerprint density at radius 2 is 1.83 bits per heavy atom. The maximum absolute atomic E-state index is 3.91. The zero-order chi connectivity index (χ0) is 16.2. The Morgan fingerprint density at radius 3 is 2.43 bits per heavy atom. The lowest BCUT2D eigenvalue weighted by Crippen LogP contribution is -2.23. The van der Waals surface area contributed by atoms with Crippen molar-refractivity contribution < 1.29 is 0 Å². The van der Waals surface area contributed by atoms with Gasteiger partial charge in [-0.1, -0.05) is 35.9 Å². The molecular formula is C23H32. The molecule has 2 aliphatic carbocycles. The third-order valence-electron chi connectivity index (χ3n) is 6.24. The van der Waals surface area contributed by atoms with E-state index >= 15 is 0 Å². The molecule has 124 valence electrons. The minimum Gasteiger partial charge on any atom is -0.103 e. The number of rotatable bonds is 4. The first kappa shape index (κ1) is 16.6. The molecule has 23 heavy (non-hydrogen) atoms. The second-order valence-electron chi connectivity index (χ2n) is 7.89. The van der Waals surface area contributed by atoms with Gasteiger partial charge in [-0.2, -0.15) is 0 Å². The van der Waals surface area contributed by atoms with Crippen LogP contribution in [0.15, 0.2) is 36.9 Å². The average molecular weight is 309 g/mol. The minimum absolute atomic E-state index is 0.925. The van der Waals surface area contributed by atoms with Crippen molar-refractivity contribution in [2.45, 2.75) is 65.2 Å². The van der Waals surface area contributed by atoms with Gasteiger partial charge < -0.3 is 0 Å². The third kappa shape index (κ3) is 3.97. The predicted octanol–water partition coefficient (Wildman–Crippen LogP) is 6.87. The van der Waals surface area contributed by atoms with Crippen LogP contribution >= 0.6 is 0 Å². The van der Waals surface area contributed by atoms with E-state index in [-0.39, 0.29) is 0 Å². The largest absolute Gasteiger partial charge is 0.103 e. The average Bonchev–Trinajstić information content (AvgIpc) is 2.56. The first-order valence-electron chi connectivity index (χ1n) is 9.55. The van der Waals surface area contributed by atoms with Crippen molar-refractivity contribution in [1.82, 2.24) is 0 Å². The molecule has 2 aliphatic rings. The number of hydrogen-bond donors (Lipinski definition) is 0. The zero-order valence-electron chi connectivity index (χ0n) is 15.0. The molecular weight excluding hydrogens is 276 g/mol. The van der Waals surface area contributed by atoms with Crippen molar-refractivity contribution in [3.63, 3.8) is 0 Å². The quantitative estimate of drug-likeness (QED) is 0.532. The van der Waals surface area contributed by atoms with Crippen molar-refractivity contribution in [2.75, 3.05) is 0 Å². The molecule has 1 aromatic rings. The summed E-state index contributed by atoms with van der Waals surface area (Å²) in [6.07, 6.45) is 15.7. The molecule has 0 nitrogen and oxygen atoms in total. The number of aryl methyl sites for hydroxylation is 2. The topological polar surface area (TPSA) is 0 Å². The van der Waals surface area contributed by atoms with Crippen LogP contribution in [0.4, 0.5) is 0 Å². The lowest BCUT2D eigenvalue weighted by Gasteiger charge is -2.35. The van der Waals surface area contributed by atoms with Gasteiger partial charge in [-0.25, -0.2) is 0 Å². The molecule has 1 unspecified atom stereocenters. The van der Waals surface area contributed by atoms with Crippen molar-refractivity contribution >= 4 is 5.57 Å². The Hall–Kier alpha value is -1.30. The summed E-state index contributed by atoms with van der Waals surface area (Å²) in [6.45, 7) is 8.35. The van der Waals surface area contributed by atoms with E-state index in [0.29, 0.717) is 0 Å². The van der Waals surface area contributed by atoms with Crippen molar-refractivity contribution in [1.29, 1.82) is 0 Å². The predicted molar refractivity (Wildman–Crippen MR) is 101 cm³/mol. The van der Waals surface area contributed by atoms with Gasteiger partial charge in [0.2, 0.25) is 0 Å². The molecule has 0 amide bonds. The summed E-state index contributed by atoms with van der Waals surface area (Å²) in [4.78, 5) is 0. The van der Waals surface area contributed by atoms with E-state index in [1.165, 1.54) is 68.1 Å². The number of allylic oxidation sites excluding steroid dienone is 3. The molecule has 0 aliphatic heterocycles. The highest BCUT2D eigenvalue weighted by molar-refractivity contribution is 5.69. The smallest absolute Gasteiger partial charge is 0.0198 e. The highest BCUT2D eigenvalue weighted by Gasteiger charge is 2.28. The molecule has 1 aromatic carbocycles. The van der Waals surface area contributed by atoms with Gasteiger partial charge >= 0.3 is 0 Å². The third-order valence-corrected chi connectivity index (χ3v) is 6.24. The summed E-state index contributed by atoms with van der Waals surface area (Å²) in [6, 6.07) is 6.91. The van der Waals surface area contributed by atoms with E-state index in [0.717, 1.165) is 17.8 Å². The van der Waals surface area contributed by atoms with Crippen LogP contribution in [0.5, 0.6) is 0 Å². The fraction of sp³-hybridized carbons (Fsp3) is 0.565. The summed E-state index contributed by atoms with van der Waals surface area (Å²) in [5.41, 5.74) is 5.90. The van der Waals surface area contributed by atoms with Crippen molar-refractivity contribution in [2.24, 2.45) is 17.8 Å². The molecule has 0 radical (unpaired) electrons. The molecule has 0 bridgehead atoms. The summed E-state index contributed by atoms with van der Waals surface area (Å²) in [5, 5.41) is 0. The Bertz CT molecular complexity index is 570. The molecule has 0 saturated heterocycles. The number of hydrogen-bond acceptors (Lipinski definition) is 0. The van der Waals surface area contributed by atoms with Gasteiger partial charge in [0.15, 0.2) is 0 Å². The fourth-order valence-electron chi connectivity index (χ4n) is 4.83. The Morgan fingerprint density at radius 1 is 1.04 bits per heavy atom. The first-order chi connectivity index (χ1) is 11.2. The van der Waals surface area contributed by atoms with Crippen LogP contribution in [0.1, 0.15) is 68.1 Å². The van der Waals surface area contributed by atoms with Crippen LogP contribution < -0.4 is 0 Å². The molecule has 0 heterocycles. The molecule has 0 heteroatoms. The monoisotopic (exact) mass is 308 g/mol. The van der Waals surface area contributed by atoms with Crippen LogP contribution in [0.2, 0.25) is 0 Å². The molecule has 0 N–H and O–H groups in total. The van der Waals surface area contributed by atoms with Gasteiger partial charge in [0.25, 0.3) is 0 Å². The van der Waals surface area contributed by atoms with Gasteiger partial charge in [-0.3, -0.25) is 0 Å². The maximum Gasteiger partial charge on any atom is -0.0198 e. The minimum atomic E-state index is 0.925. The second-order valence-corrected chi connectivity index (χ2v) is 7.89. The molecule has 1 saturated carbocycles. The van der Waals surface area contributed by atoms with Gasteiger partial charge in [-0.05, 0) is 99.7 Å². The van der Waals surface area contributed by atoms with E-state index in [4.69, 9.17) is 0 Å². The summed E-state index contributed by atoms with van der Waals surface area (Å²) in [7, 11) is 0. The van der Waals surface area contributed by atoms with Crippen molar-refractivity contribution in [3.05, 3.63) is 53.6 Å². The van der Waals surface area contributed by atoms with E-state index < -0.39 is 0 Å². The summed E-state index contributed by atoms with van der Waals surface area (Å²) >= 11 is 0. The van der Waals surface area contributed by atoms with Gasteiger partial charge in [0.1, 0.15) is 0 Å². The van der Waals surface area contributed by atoms with Gasteiger partial charge in [0, 0.05) is 0 Å².